The van der Waals surface area contributed by atoms with Crippen LogP contribution >= 0.6 is 11.6 Å². The lowest BCUT2D eigenvalue weighted by Gasteiger charge is -2.08. The van der Waals surface area contributed by atoms with Crippen LogP contribution in [0.5, 0.6) is 0 Å². The van der Waals surface area contributed by atoms with Crippen LogP contribution in [0.3, 0.4) is 0 Å². The van der Waals surface area contributed by atoms with E-state index in [2.05, 4.69) is 20.7 Å². The summed E-state index contributed by atoms with van der Waals surface area (Å²) < 4.78 is 1.78. The second-order valence-electron chi connectivity index (χ2n) is 5.41. The maximum Gasteiger partial charge on any atom is 0.315 e. The lowest BCUT2D eigenvalue weighted by atomic mass is 10.2. The molecule has 0 saturated heterocycles. The van der Waals surface area contributed by atoms with Crippen LogP contribution in [0.15, 0.2) is 60.9 Å². The average molecular weight is 356 g/mol. The molecule has 2 aromatic heterocycles. The highest BCUT2D eigenvalue weighted by Gasteiger charge is 2.04. The zero-order chi connectivity index (χ0) is 17.5. The number of nitrogens with zero attached hydrogens (tertiary/aromatic N) is 3. The van der Waals surface area contributed by atoms with E-state index >= 15 is 0 Å². The Hall–Kier alpha value is -2.86. The summed E-state index contributed by atoms with van der Waals surface area (Å²) in [5.41, 5.74) is 2.63. The molecular formula is C18H18ClN5O. The highest BCUT2D eigenvalue weighted by molar-refractivity contribution is 6.30. The summed E-state index contributed by atoms with van der Waals surface area (Å²) >= 11 is 5.83. The first-order chi connectivity index (χ1) is 12.2. The number of hydrogen-bond acceptors (Lipinski definition) is 3. The molecule has 0 saturated carbocycles. The Morgan fingerprint density at radius 3 is 2.64 bits per heavy atom. The molecule has 25 heavy (non-hydrogen) atoms. The summed E-state index contributed by atoms with van der Waals surface area (Å²) in [6.45, 7) is 1.52. The van der Waals surface area contributed by atoms with Crippen LogP contribution in [-0.4, -0.2) is 27.3 Å². The lowest BCUT2D eigenvalue weighted by molar-refractivity contribution is 0.240. The Kier molecular flexibility index (Phi) is 5.64. The Bertz CT molecular complexity index is 817. The smallest absolute Gasteiger partial charge is 0.315 e. The van der Waals surface area contributed by atoms with E-state index in [1.807, 2.05) is 42.6 Å². The van der Waals surface area contributed by atoms with Gasteiger partial charge in [-0.1, -0.05) is 29.8 Å². The molecule has 2 amide bonds. The minimum absolute atomic E-state index is 0.216. The number of rotatable bonds is 6. The van der Waals surface area contributed by atoms with Crippen molar-refractivity contribution in [3.8, 4) is 11.4 Å². The SMILES string of the molecule is O=C(NCCn1ccc(-c2ccccn2)n1)NCc1ccc(Cl)cc1. The van der Waals surface area contributed by atoms with Gasteiger partial charge in [0.15, 0.2) is 0 Å². The maximum atomic E-state index is 11.8. The van der Waals surface area contributed by atoms with Gasteiger partial charge in [-0.15, -0.1) is 0 Å². The van der Waals surface area contributed by atoms with E-state index < -0.39 is 0 Å². The summed E-state index contributed by atoms with van der Waals surface area (Å²) in [7, 11) is 0. The van der Waals surface area contributed by atoms with E-state index in [0.717, 1.165) is 17.0 Å². The predicted octanol–water partition coefficient (Wildman–Crippen LogP) is 3.10. The van der Waals surface area contributed by atoms with E-state index in [9.17, 15) is 4.79 Å². The van der Waals surface area contributed by atoms with Crippen molar-refractivity contribution >= 4 is 17.6 Å². The standard InChI is InChI=1S/C18H18ClN5O/c19-15-6-4-14(5-7-15)13-22-18(25)21-10-12-24-11-8-17(23-24)16-3-1-2-9-20-16/h1-9,11H,10,12-13H2,(H2,21,22,25). The van der Waals surface area contributed by atoms with Gasteiger partial charge in [0, 0.05) is 30.5 Å². The fourth-order valence-corrected chi connectivity index (χ4v) is 2.39. The molecule has 0 spiro atoms. The minimum Gasteiger partial charge on any atom is -0.336 e. The number of carbonyl (C=O) groups is 1. The van der Waals surface area contributed by atoms with E-state index in [1.54, 1.807) is 23.0 Å². The van der Waals surface area contributed by atoms with Gasteiger partial charge in [0.2, 0.25) is 0 Å². The van der Waals surface area contributed by atoms with Crippen LogP contribution in [0.2, 0.25) is 5.02 Å². The molecule has 128 valence electrons. The fraction of sp³-hybridized carbons (Fsp3) is 0.167. The predicted molar refractivity (Wildman–Crippen MR) is 97.1 cm³/mol. The molecule has 3 aromatic rings. The monoisotopic (exact) mass is 355 g/mol. The van der Waals surface area contributed by atoms with Gasteiger partial charge < -0.3 is 10.6 Å². The van der Waals surface area contributed by atoms with Gasteiger partial charge in [-0.3, -0.25) is 9.67 Å². The van der Waals surface area contributed by atoms with Crippen LogP contribution in [0.25, 0.3) is 11.4 Å². The third-order valence-corrected chi connectivity index (χ3v) is 3.81. The van der Waals surface area contributed by atoms with Crippen LogP contribution < -0.4 is 10.6 Å². The van der Waals surface area contributed by atoms with E-state index in [4.69, 9.17) is 11.6 Å². The number of nitrogens with one attached hydrogen (secondary N) is 2. The molecule has 0 unspecified atom stereocenters. The summed E-state index contributed by atoms with van der Waals surface area (Å²) in [5.74, 6) is 0. The highest BCUT2D eigenvalue weighted by Crippen LogP contribution is 2.12. The number of benzene rings is 1. The van der Waals surface area contributed by atoms with Gasteiger partial charge >= 0.3 is 6.03 Å². The number of hydrogen-bond donors (Lipinski definition) is 2. The van der Waals surface area contributed by atoms with Gasteiger partial charge in [0.05, 0.1) is 12.2 Å². The van der Waals surface area contributed by atoms with Crippen molar-refractivity contribution < 1.29 is 4.79 Å². The average Bonchev–Trinajstić information content (AvgIpc) is 3.11. The van der Waals surface area contributed by atoms with Crippen molar-refractivity contribution in [2.24, 2.45) is 0 Å². The molecule has 0 bridgehead atoms. The molecule has 0 atom stereocenters. The number of carbonyl (C=O) groups excluding carboxylic acids is 1. The third kappa shape index (κ3) is 5.06. The molecule has 7 heteroatoms. The van der Waals surface area contributed by atoms with Gasteiger partial charge in [-0.25, -0.2) is 4.79 Å². The normalized spacial score (nSPS) is 10.4. The quantitative estimate of drug-likeness (QED) is 0.713. The summed E-state index contributed by atoms with van der Waals surface area (Å²) in [6.07, 6.45) is 3.61. The van der Waals surface area contributed by atoms with Crippen molar-refractivity contribution in [2.45, 2.75) is 13.1 Å². The highest BCUT2D eigenvalue weighted by atomic mass is 35.5. The number of amides is 2. The molecular weight excluding hydrogens is 338 g/mol. The maximum absolute atomic E-state index is 11.8. The fourth-order valence-electron chi connectivity index (χ4n) is 2.27. The van der Waals surface area contributed by atoms with Gasteiger partial charge in [0.1, 0.15) is 5.69 Å². The van der Waals surface area contributed by atoms with Crippen LogP contribution in [-0.2, 0) is 13.1 Å². The van der Waals surface area contributed by atoms with Crippen molar-refractivity contribution in [1.29, 1.82) is 0 Å². The Balaban J connectivity index is 1.41. The molecule has 3 rings (SSSR count). The van der Waals surface area contributed by atoms with Crippen LogP contribution in [0.4, 0.5) is 4.79 Å². The largest absolute Gasteiger partial charge is 0.336 e. The second kappa shape index (κ2) is 8.30. The first-order valence-electron chi connectivity index (χ1n) is 7.92. The number of urea groups is 1. The Morgan fingerprint density at radius 2 is 1.88 bits per heavy atom. The van der Waals surface area contributed by atoms with E-state index in [1.165, 1.54) is 0 Å². The molecule has 0 aliphatic rings. The van der Waals surface area contributed by atoms with Crippen LogP contribution in [0.1, 0.15) is 5.56 Å². The van der Waals surface area contributed by atoms with Crippen molar-refractivity contribution in [3.63, 3.8) is 0 Å². The molecule has 0 fully saturated rings. The molecule has 2 heterocycles. The zero-order valence-corrected chi connectivity index (χ0v) is 14.3. The van der Waals surface area contributed by atoms with E-state index in [-0.39, 0.29) is 6.03 Å². The van der Waals surface area contributed by atoms with Crippen molar-refractivity contribution in [3.05, 3.63) is 71.5 Å². The molecule has 1 aromatic carbocycles. The summed E-state index contributed by atoms with van der Waals surface area (Å²) in [6, 6.07) is 14.8. The lowest BCUT2D eigenvalue weighted by Crippen LogP contribution is -2.36. The number of aromatic nitrogens is 3. The summed E-state index contributed by atoms with van der Waals surface area (Å²) in [5, 5.41) is 10.7. The first-order valence-corrected chi connectivity index (χ1v) is 8.29. The number of halogens is 1. The van der Waals surface area contributed by atoms with Crippen LogP contribution in [0, 0.1) is 0 Å². The summed E-state index contributed by atoms with van der Waals surface area (Å²) in [4.78, 5) is 16.1. The molecule has 0 aliphatic carbocycles. The van der Waals surface area contributed by atoms with Crippen molar-refractivity contribution in [2.75, 3.05) is 6.54 Å². The Morgan fingerprint density at radius 1 is 1.04 bits per heavy atom. The van der Waals surface area contributed by atoms with Crippen molar-refractivity contribution in [1.82, 2.24) is 25.4 Å². The minimum atomic E-state index is -0.216. The molecule has 0 radical (unpaired) electrons. The topological polar surface area (TPSA) is 71.8 Å². The van der Waals surface area contributed by atoms with E-state index in [0.29, 0.717) is 24.7 Å². The number of pyridine rings is 1. The molecule has 2 N–H and O–H groups in total. The first kappa shape index (κ1) is 17.0. The second-order valence-corrected chi connectivity index (χ2v) is 5.85. The van der Waals surface area contributed by atoms with Gasteiger partial charge in [-0.2, -0.15) is 5.10 Å². The Labute approximate surface area is 150 Å². The van der Waals surface area contributed by atoms with Gasteiger partial charge in [0.25, 0.3) is 0 Å². The zero-order valence-electron chi connectivity index (χ0n) is 13.5. The third-order valence-electron chi connectivity index (χ3n) is 3.56. The molecule has 6 nitrogen and oxygen atoms in total. The van der Waals surface area contributed by atoms with Gasteiger partial charge in [-0.05, 0) is 35.9 Å². The molecule has 0 aliphatic heterocycles.